The Morgan fingerprint density at radius 2 is 1.21 bits per heavy atom. The largest absolute Gasteiger partial charge is 0.358 e. The maximum atomic E-state index is 9.82. The Kier molecular flexibility index (Phi) is 16.1. The first-order valence-electron chi connectivity index (χ1n) is 6.57. The van der Waals surface area contributed by atoms with Crippen molar-refractivity contribution in [1.82, 2.24) is 4.67 Å². The smallest absolute Gasteiger partial charge is 0.327 e. The summed E-state index contributed by atoms with van der Waals surface area (Å²) in [7, 11) is -2.59. The molecule has 2 atom stereocenters. The summed E-state index contributed by atoms with van der Waals surface area (Å²) in [5.41, 5.74) is 2.02. The molecule has 0 saturated heterocycles. The number of hydrogen-bond donors (Lipinski definition) is 2. The standard InChI is InChI=1S/C16H19NO2P.3CH3.Ir/c1-13(15-9-5-3-6-10-15)17(20(18)19)14(2)16-11-7-4-8-12-16;;;;/h3-14,18-19H,1H2,2H3;3*1H3;/q4*-1;/p+1/t13?,14-;;;;/m0..../s1. The quantitative estimate of drug-likeness (QED) is 0.430. The van der Waals surface area contributed by atoms with Gasteiger partial charge in [0, 0.05) is 20.1 Å². The first kappa shape index (κ1) is 28.2. The van der Waals surface area contributed by atoms with Gasteiger partial charge in [-0.15, -0.1) is 4.67 Å². The monoisotopic (exact) mass is 527 g/mol. The van der Waals surface area contributed by atoms with Crippen LogP contribution in [0.4, 0.5) is 0 Å². The van der Waals surface area contributed by atoms with Crippen LogP contribution in [0, 0.1) is 29.2 Å². The molecule has 3 nitrogen and oxygen atoms in total. The summed E-state index contributed by atoms with van der Waals surface area (Å²) in [6, 6.07) is 19.1. The fraction of sp³-hybridized carbons (Fsp3) is 0.158. The van der Waals surface area contributed by atoms with E-state index in [4.69, 9.17) is 0 Å². The Hall–Kier alpha value is -0.601. The molecule has 0 fully saturated rings. The van der Waals surface area contributed by atoms with Crippen LogP contribution in [0.3, 0.4) is 0 Å². The second-order valence-electron chi connectivity index (χ2n) is 4.72. The van der Waals surface area contributed by atoms with E-state index in [0.717, 1.165) is 11.1 Å². The summed E-state index contributed by atoms with van der Waals surface area (Å²) in [6.07, 6.45) is 0. The zero-order valence-corrected chi connectivity index (χ0v) is 18.2. The Morgan fingerprint density at radius 3 is 1.58 bits per heavy atom. The van der Waals surface area contributed by atoms with E-state index in [9.17, 15) is 9.79 Å². The number of hydrogen-bond acceptors (Lipinski definition) is 3. The second-order valence-corrected chi connectivity index (χ2v) is 5.84. The van der Waals surface area contributed by atoms with Gasteiger partial charge in [0.1, 0.15) is 0 Å². The van der Waals surface area contributed by atoms with Gasteiger partial charge >= 0.3 is 8.53 Å². The van der Waals surface area contributed by atoms with Gasteiger partial charge in [-0.05, 0) is 12.5 Å². The van der Waals surface area contributed by atoms with Crippen molar-refractivity contribution in [2.75, 3.05) is 0 Å². The fourth-order valence-corrected chi connectivity index (χ4v) is 3.23. The molecule has 24 heavy (non-hydrogen) atoms. The van der Waals surface area contributed by atoms with Gasteiger partial charge < -0.3 is 29.2 Å². The van der Waals surface area contributed by atoms with Gasteiger partial charge in [-0.2, -0.15) is 0 Å². The molecular formula is C19H29IrNO2P-3. The van der Waals surface area contributed by atoms with Gasteiger partial charge in [-0.25, -0.2) is 9.79 Å². The van der Waals surface area contributed by atoms with Crippen molar-refractivity contribution in [3.63, 3.8) is 0 Å². The summed E-state index contributed by atoms with van der Waals surface area (Å²) < 4.78 is 1.68. The molecule has 0 aliphatic rings. The molecule has 0 aliphatic heterocycles. The van der Waals surface area contributed by atoms with E-state index in [-0.39, 0.29) is 54.5 Å². The van der Waals surface area contributed by atoms with Crippen LogP contribution in [0.5, 0.6) is 0 Å². The Bertz CT molecular complexity index is 480. The van der Waals surface area contributed by atoms with Gasteiger partial charge in [0.2, 0.25) is 0 Å². The van der Waals surface area contributed by atoms with E-state index in [1.807, 2.05) is 67.6 Å². The molecule has 0 spiro atoms. The van der Waals surface area contributed by atoms with Crippen LogP contribution in [0.1, 0.15) is 30.1 Å². The minimum absolute atomic E-state index is 0. The normalized spacial score (nSPS) is 12.1. The van der Waals surface area contributed by atoms with Crippen LogP contribution >= 0.6 is 8.53 Å². The van der Waals surface area contributed by atoms with Crippen LogP contribution in [-0.2, 0) is 20.1 Å². The average Bonchev–Trinajstić information content (AvgIpc) is 2.48. The maximum absolute atomic E-state index is 9.82. The zero-order chi connectivity index (χ0) is 14.5. The fourth-order valence-electron chi connectivity index (χ4n) is 2.31. The van der Waals surface area contributed by atoms with E-state index in [2.05, 4.69) is 6.92 Å². The topological polar surface area (TPSA) is 43.7 Å². The maximum Gasteiger partial charge on any atom is 0.327 e. The molecule has 2 N–H and O–H groups in total. The van der Waals surface area contributed by atoms with Gasteiger partial charge in [-0.3, -0.25) is 0 Å². The molecule has 2 aromatic carbocycles. The Labute approximate surface area is 163 Å². The predicted molar refractivity (Wildman–Crippen MR) is 103 cm³/mol. The summed E-state index contributed by atoms with van der Waals surface area (Å²) in [6.45, 7) is 6.07. The van der Waals surface area contributed by atoms with Crippen molar-refractivity contribution in [3.05, 3.63) is 101 Å². The van der Waals surface area contributed by atoms with Crippen molar-refractivity contribution in [2.45, 2.75) is 19.0 Å². The molecule has 5 heteroatoms. The molecule has 1 radical (unpaired) electrons. The third kappa shape index (κ3) is 7.11. The SMILES string of the molecule is [CH2-]C(c1ccccc1)N([C@@H](C)c1ccccc1)[PH+](O)O.[CH3-].[CH3-].[CH3-].[Ir]. The first-order valence-corrected chi connectivity index (χ1v) is 7.91. The van der Waals surface area contributed by atoms with Gasteiger partial charge in [0.25, 0.3) is 0 Å². The summed E-state index contributed by atoms with van der Waals surface area (Å²) in [5.74, 6) is 0. The predicted octanol–water partition coefficient (Wildman–Crippen LogP) is 4.92. The van der Waals surface area contributed by atoms with E-state index in [0.29, 0.717) is 0 Å². The van der Waals surface area contributed by atoms with Gasteiger partial charge in [-0.1, -0.05) is 72.3 Å². The zero-order valence-electron chi connectivity index (χ0n) is 14.8. The molecule has 139 valence electrons. The van der Waals surface area contributed by atoms with E-state index >= 15 is 0 Å². The van der Waals surface area contributed by atoms with Crippen LogP contribution in [0.25, 0.3) is 0 Å². The van der Waals surface area contributed by atoms with Crippen molar-refractivity contribution >= 4 is 8.53 Å². The summed E-state index contributed by atoms with van der Waals surface area (Å²) in [5, 5.41) is 0. The minimum Gasteiger partial charge on any atom is -0.358 e. The second kappa shape index (κ2) is 13.7. The molecular weight excluding hydrogens is 497 g/mol. The number of benzene rings is 2. The summed E-state index contributed by atoms with van der Waals surface area (Å²) >= 11 is 0. The van der Waals surface area contributed by atoms with Crippen LogP contribution < -0.4 is 0 Å². The van der Waals surface area contributed by atoms with Crippen molar-refractivity contribution < 1.29 is 29.9 Å². The summed E-state index contributed by atoms with van der Waals surface area (Å²) in [4.78, 5) is 19.6. The first-order chi connectivity index (χ1) is 9.61. The molecule has 0 aliphatic carbocycles. The Morgan fingerprint density at radius 1 is 0.833 bits per heavy atom. The molecule has 2 aromatic rings. The van der Waals surface area contributed by atoms with E-state index in [1.54, 1.807) is 4.67 Å². The number of rotatable bonds is 5. The van der Waals surface area contributed by atoms with Gasteiger partial charge in [0.15, 0.2) is 0 Å². The third-order valence-electron chi connectivity index (χ3n) is 3.45. The molecule has 0 saturated carbocycles. The molecule has 0 bridgehead atoms. The Balaban J connectivity index is -0.00000110. The van der Waals surface area contributed by atoms with Crippen LogP contribution in [0.15, 0.2) is 60.7 Å². The van der Waals surface area contributed by atoms with E-state index < -0.39 is 8.53 Å². The third-order valence-corrected chi connectivity index (χ3v) is 4.61. The molecule has 0 aromatic heterocycles. The molecule has 1 unspecified atom stereocenters. The van der Waals surface area contributed by atoms with E-state index in [1.165, 1.54) is 0 Å². The molecule has 0 amide bonds. The number of nitrogens with zero attached hydrogens (tertiary/aromatic N) is 1. The van der Waals surface area contributed by atoms with Crippen molar-refractivity contribution in [1.29, 1.82) is 0 Å². The average molecular weight is 527 g/mol. The minimum atomic E-state index is -2.59. The van der Waals surface area contributed by atoms with Crippen LogP contribution in [-0.4, -0.2) is 14.5 Å². The van der Waals surface area contributed by atoms with Crippen molar-refractivity contribution in [3.8, 4) is 0 Å². The van der Waals surface area contributed by atoms with Gasteiger partial charge in [0.05, 0.1) is 6.04 Å². The van der Waals surface area contributed by atoms with Crippen LogP contribution in [0.2, 0.25) is 0 Å². The molecule has 2 rings (SSSR count). The van der Waals surface area contributed by atoms with Crippen molar-refractivity contribution in [2.24, 2.45) is 0 Å². The molecule has 0 heterocycles.